The smallest absolute Gasteiger partial charge is 0.129 e. The van der Waals surface area contributed by atoms with Crippen LogP contribution in [0.5, 0.6) is 5.75 Å². The van der Waals surface area contributed by atoms with E-state index < -0.39 is 0 Å². The minimum absolute atomic E-state index is 0.169. The molecular formula is C15H21FO2. The molecule has 18 heavy (non-hydrogen) atoms. The van der Waals surface area contributed by atoms with Gasteiger partial charge in [0.05, 0.1) is 6.61 Å². The topological polar surface area (TPSA) is 26.3 Å². The number of benzene rings is 1. The summed E-state index contributed by atoms with van der Waals surface area (Å²) in [5, 5.41) is 0. The fraction of sp³-hybridized carbons (Fsp3) is 0.533. The van der Waals surface area contributed by atoms with Crippen LogP contribution < -0.4 is 4.74 Å². The first-order valence-electron chi connectivity index (χ1n) is 6.50. The van der Waals surface area contributed by atoms with Crippen LogP contribution in [0.3, 0.4) is 0 Å². The Morgan fingerprint density at radius 1 is 1.39 bits per heavy atom. The first-order chi connectivity index (χ1) is 8.58. The van der Waals surface area contributed by atoms with Gasteiger partial charge in [0.1, 0.15) is 17.3 Å². The number of Topliss-reactive ketones (excluding diaryl/α,β-unsaturated/α-hetero) is 1. The minimum Gasteiger partial charge on any atom is -0.494 e. The van der Waals surface area contributed by atoms with Crippen LogP contribution in [-0.2, 0) is 4.79 Å². The van der Waals surface area contributed by atoms with Gasteiger partial charge < -0.3 is 9.53 Å². The number of ether oxygens (including phenoxy) is 1. The number of ketones is 1. The molecule has 0 N–H and O–H groups in total. The van der Waals surface area contributed by atoms with Crippen molar-refractivity contribution in [1.29, 1.82) is 0 Å². The van der Waals surface area contributed by atoms with Gasteiger partial charge in [0.2, 0.25) is 0 Å². The van der Waals surface area contributed by atoms with Crippen molar-refractivity contribution in [2.75, 3.05) is 6.61 Å². The van der Waals surface area contributed by atoms with Gasteiger partial charge in [0.15, 0.2) is 0 Å². The molecule has 0 aromatic heterocycles. The second kappa shape index (κ2) is 7.14. The van der Waals surface area contributed by atoms with E-state index in [1.165, 1.54) is 12.1 Å². The molecule has 0 aliphatic rings. The summed E-state index contributed by atoms with van der Waals surface area (Å²) in [5.74, 6) is 0.818. The highest BCUT2D eigenvalue weighted by Crippen LogP contribution is 2.33. The Kier molecular flexibility index (Phi) is 5.83. The summed E-state index contributed by atoms with van der Waals surface area (Å²) in [5.41, 5.74) is 0.876. The first-order valence-corrected chi connectivity index (χ1v) is 6.50. The molecule has 100 valence electrons. The molecule has 0 bridgehead atoms. The maximum atomic E-state index is 13.4. The highest BCUT2D eigenvalue weighted by molar-refractivity contribution is 5.75. The number of hydrogen-bond acceptors (Lipinski definition) is 2. The average molecular weight is 252 g/mol. The predicted octanol–water partition coefficient (Wildman–Crippen LogP) is 4.09. The second-order valence-electron chi connectivity index (χ2n) is 4.46. The van der Waals surface area contributed by atoms with Crippen LogP contribution in [0.1, 0.15) is 51.5 Å². The molecule has 0 heterocycles. The lowest BCUT2D eigenvalue weighted by Gasteiger charge is -2.18. The number of carbonyl (C=O) groups excluding carboxylic acids is 1. The molecule has 1 rings (SSSR count). The van der Waals surface area contributed by atoms with Crippen molar-refractivity contribution < 1.29 is 13.9 Å². The molecule has 0 aliphatic heterocycles. The van der Waals surface area contributed by atoms with E-state index in [-0.39, 0.29) is 17.5 Å². The molecule has 1 atom stereocenters. The van der Waals surface area contributed by atoms with Crippen molar-refractivity contribution >= 4 is 5.78 Å². The molecule has 1 aromatic carbocycles. The minimum atomic E-state index is -0.255. The lowest BCUT2D eigenvalue weighted by atomic mass is 9.90. The molecule has 0 aliphatic carbocycles. The quantitative estimate of drug-likeness (QED) is 0.730. The van der Waals surface area contributed by atoms with E-state index in [9.17, 15) is 9.18 Å². The predicted molar refractivity (Wildman–Crippen MR) is 70.5 cm³/mol. The molecule has 0 radical (unpaired) electrons. The number of halogens is 1. The maximum Gasteiger partial charge on any atom is 0.129 e. The van der Waals surface area contributed by atoms with E-state index in [1.54, 1.807) is 13.0 Å². The normalized spacial score (nSPS) is 12.2. The van der Waals surface area contributed by atoms with Gasteiger partial charge in [0, 0.05) is 12.0 Å². The monoisotopic (exact) mass is 252 g/mol. The Balaban J connectivity index is 2.94. The van der Waals surface area contributed by atoms with Crippen LogP contribution in [-0.4, -0.2) is 12.4 Å². The lowest BCUT2D eigenvalue weighted by molar-refractivity contribution is -0.117. The zero-order chi connectivity index (χ0) is 13.5. The van der Waals surface area contributed by atoms with E-state index in [4.69, 9.17) is 4.74 Å². The maximum absolute atomic E-state index is 13.4. The van der Waals surface area contributed by atoms with Crippen molar-refractivity contribution in [1.82, 2.24) is 0 Å². The van der Waals surface area contributed by atoms with Crippen LogP contribution in [0.4, 0.5) is 4.39 Å². The van der Waals surface area contributed by atoms with E-state index in [0.29, 0.717) is 13.0 Å². The highest BCUT2D eigenvalue weighted by Gasteiger charge is 2.16. The van der Waals surface area contributed by atoms with Gasteiger partial charge in [-0.3, -0.25) is 0 Å². The number of rotatable bonds is 7. The van der Waals surface area contributed by atoms with E-state index in [0.717, 1.165) is 24.2 Å². The SMILES string of the molecule is CCOc1ccc(F)cc1C(CC)CCC(C)=O. The van der Waals surface area contributed by atoms with Crippen molar-refractivity contribution in [2.45, 2.75) is 46.0 Å². The fourth-order valence-electron chi connectivity index (χ4n) is 2.08. The van der Waals surface area contributed by atoms with Crippen LogP contribution in [0.15, 0.2) is 18.2 Å². The first kappa shape index (κ1) is 14.7. The van der Waals surface area contributed by atoms with Gasteiger partial charge in [-0.25, -0.2) is 4.39 Å². The Morgan fingerprint density at radius 3 is 2.67 bits per heavy atom. The number of carbonyl (C=O) groups is 1. The third-order valence-corrected chi connectivity index (χ3v) is 3.05. The van der Waals surface area contributed by atoms with Crippen LogP contribution >= 0.6 is 0 Å². The lowest BCUT2D eigenvalue weighted by Crippen LogP contribution is -2.05. The van der Waals surface area contributed by atoms with Crippen molar-refractivity contribution in [3.63, 3.8) is 0 Å². The van der Waals surface area contributed by atoms with Gasteiger partial charge in [-0.2, -0.15) is 0 Å². The van der Waals surface area contributed by atoms with Crippen molar-refractivity contribution in [2.24, 2.45) is 0 Å². The summed E-state index contributed by atoms with van der Waals surface area (Å²) in [7, 11) is 0. The molecule has 0 spiro atoms. The molecule has 0 amide bonds. The third kappa shape index (κ3) is 4.13. The van der Waals surface area contributed by atoms with Crippen molar-refractivity contribution in [3.05, 3.63) is 29.6 Å². The van der Waals surface area contributed by atoms with Gasteiger partial charge >= 0.3 is 0 Å². The highest BCUT2D eigenvalue weighted by atomic mass is 19.1. The van der Waals surface area contributed by atoms with E-state index >= 15 is 0 Å². The van der Waals surface area contributed by atoms with E-state index in [2.05, 4.69) is 0 Å². The Morgan fingerprint density at radius 2 is 2.11 bits per heavy atom. The summed E-state index contributed by atoms with van der Waals surface area (Å²) in [6.07, 6.45) is 2.15. The molecule has 2 nitrogen and oxygen atoms in total. The van der Waals surface area contributed by atoms with E-state index in [1.807, 2.05) is 13.8 Å². The molecular weight excluding hydrogens is 231 g/mol. The standard InChI is InChI=1S/C15H21FO2/c1-4-12(7-6-11(3)17)14-10-13(16)8-9-15(14)18-5-2/h8-10,12H,4-7H2,1-3H3. The zero-order valence-corrected chi connectivity index (χ0v) is 11.3. The van der Waals surface area contributed by atoms with Gasteiger partial charge in [0.25, 0.3) is 0 Å². The Bertz CT molecular complexity index is 401. The van der Waals surface area contributed by atoms with Crippen molar-refractivity contribution in [3.8, 4) is 5.75 Å². The number of hydrogen-bond donors (Lipinski definition) is 0. The molecule has 0 saturated carbocycles. The average Bonchev–Trinajstić information content (AvgIpc) is 2.33. The summed E-state index contributed by atoms with van der Waals surface area (Å²) < 4.78 is 18.9. The largest absolute Gasteiger partial charge is 0.494 e. The fourth-order valence-corrected chi connectivity index (χ4v) is 2.08. The third-order valence-electron chi connectivity index (χ3n) is 3.05. The summed E-state index contributed by atoms with van der Waals surface area (Å²) >= 11 is 0. The van der Waals surface area contributed by atoms with Gasteiger partial charge in [-0.05, 0) is 50.8 Å². The van der Waals surface area contributed by atoms with Crippen LogP contribution in [0.25, 0.3) is 0 Å². The summed E-state index contributed by atoms with van der Waals surface area (Å²) in [6, 6.07) is 4.61. The molecule has 3 heteroatoms. The molecule has 1 unspecified atom stereocenters. The molecule has 0 saturated heterocycles. The molecule has 1 aromatic rings. The summed E-state index contributed by atoms with van der Waals surface area (Å²) in [6.45, 7) is 6.10. The zero-order valence-electron chi connectivity index (χ0n) is 11.3. The van der Waals surface area contributed by atoms with Crippen LogP contribution in [0.2, 0.25) is 0 Å². The Labute approximate surface area is 108 Å². The second-order valence-corrected chi connectivity index (χ2v) is 4.46. The van der Waals surface area contributed by atoms with Gasteiger partial charge in [-0.1, -0.05) is 6.92 Å². The van der Waals surface area contributed by atoms with Crippen LogP contribution in [0, 0.1) is 5.82 Å². The van der Waals surface area contributed by atoms with Gasteiger partial charge in [-0.15, -0.1) is 0 Å². The molecule has 0 fully saturated rings. The summed E-state index contributed by atoms with van der Waals surface area (Å²) in [4.78, 5) is 11.1. The Hall–Kier alpha value is -1.38.